The Morgan fingerprint density at radius 2 is 2.29 bits per heavy atom. The van der Waals surface area contributed by atoms with E-state index in [0.29, 0.717) is 10.8 Å². The Hall–Kier alpha value is -1.09. The van der Waals surface area contributed by atoms with Gasteiger partial charge in [0.15, 0.2) is 0 Å². The first kappa shape index (κ1) is 11.0. The zero-order valence-electron chi connectivity index (χ0n) is 7.72. The average molecular weight is 217 g/mol. The summed E-state index contributed by atoms with van der Waals surface area (Å²) < 4.78 is 16.4. The lowest BCUT2D eigenvalue weighted by Gasteiger charge is -2.05. The predicted molar refractivity (Wildman–Crippen MR) is 52.4 cm³/mol. The number of ketones is 1. The summed E-state index contributed by atoms with van der Waals surface area (Å²) in [5.41, 5.74) is 0.727. The van der Waals surface area contributed by atoms with Crippen LogP contribution < -0.4 is 4.74 Å². The maximum absolute atomic E-state index is 11.8. The van der Waals surface area contributed by atoms with Gasteiger partial charge in [-0.2, -0.15) is 0 Å². The van der Waals surface area contributed by atoms with Crippen molar-refractivity contribution in [2.24, 2.45) is 0 Å². The van der Waals surface area contributed by atoms with Crippen LogP contribution in [0.1, 0.15) is 12.5 Å². The number of hydrogen-bond donors (Lipinski definition) is 0. The minimum atomic E-state index is -0.887. The maximum Gasteiger partial charge on any atom is 0.228 e. The van der Waals surface area contributed by atoms with E-state index in [9.17, 15) is 9.18 Å². The molecule has 0 heterocycles. The number of Topliss-reactive ketones (excluding diaryl/α,β-unsaturated/α-hetero) is 1. The summed E-state index contributed by atoms with van der Waals surface area (Å²) in [7, 11) is 0. The van der Waals surface area contributed by atoms with Crippen LogP contribution >= 0.6 is 11.6 Å². The summed E-state index contributed by atoms with van der Waals surface area (Å²) in [5.74, 6) is 0.399. The van der Waals surface area contributed by atoms with E-state index >= 15 is 0 Å². The van der Waals surface area contributed by atoms with Crippen LogP contribution in [0.3, 0.4) is 0 Å². The van der Waals surface area contributed by atoms with Crippen molar-refractivity contribution in [2.75, 3.05) is 6.86 Å². The molecule has 0 spiro atoms. The lowest BCUT2D eigenvalue weighted by Crippen LogP contribution is -1.98. The molecule has 4 heteroatoms. The summed E-state index contributed by atoms with van der Waals surface area (Å²) in [6, 6.07) is 4.75. The Kier molecular flexibility index (Phi) is 3.89. The second kappa shape index (κ2) is 4.96. The fourth-order valence-corrected chi connectivity index (χ4v) is 1.33. The third kappa shape index (κ3) is 3.00. The lowest BCUT2D eigenvalue weighted by atomic mass is 10.1. The number of alkyl halides is 1. The van der Waals surface area contributed by atoms with E-state index in [1.165, 1.54) is 13.0 Å². The molecule has 0 N–H and O–H groups in total. The number of carbonyl (C=O) groups is 1. The molecule has 0 aliphatic heterocycles. The van der Waals surface area contributed by atoms with Gasteiger partial charge in [-0.1, -0.05) is 17.7 Å². The van der Waals surface area contributed by atoms with E-state index in [4.69, 9.17) is 11.6 Å². The summed E-state index contributed by atoms with van der Waals surface area (Å²) in [5, 5.41) is 0.422. The second-order valence-corrected chi connectivity index (χ2v) is 3.29. The first-order chi connectivity index (χ1) is 6.63. The van der Waals surface area contributed by atoms with Crippen molar-refractivity contribution in [3.8, 4) is 5.75 Å². The fraction of sp³-hybridized carbons (Fsp3) is 0.300. The molecule has 0 saturated carbocycles. The predicted octanol–water partition coefficient (Wildman–Crippen LogP) is 2.78. The maximum atomic E-state index is 11.8. The monoisotopic (exact) mass is 216 g/mol. The van der Waals surface area contributed by atoms with Gasteiger partial charge in [-0.05, 0) is 24.6 Å². The van der Waals surface area contributed by atoms with Crippen LogP contribution in [0.25, 0.3) is 0 Å². The fourth-order valence-electron chi connectivity index (χ4n) is 1.09. The van der Waals surface area contributed by atoms with E-state index in [-0.39, 0.29) is 12.2 Å². The van der Waals surface area contributed by atoms with Crippen LogP contribution in [-0.2, 0) is 11.2 Å². The summed E-state index contributed by atoms with van der Waals surface area (Å²) in [6.07, 6.45) is 0.286. The Balaban J connectivity index is 2.84. The Bertz CT molecular complexity index is 339. The van der Waals surface area contributed by atoms with Crippen LogP contribution in [0, 0.1) is 0 Å². The van der Waals surface area contributed by atoms with Crippen LogP contribution in [0.5, 0.6) is 5.75 Å². The average Bonchev–Trinajstić information content (AvgIpc) is 2.10. The molecule has 1 aromatic carbocycles. The normalized spacial score (nSPS) is 9.93. The van der Waals surface area contributed by atoms with Crippen molar-refractivity contribution in [1.29, 1.82) is 0 Å². The minimum Gasteiger partial charge on any atom is -0.463 e. The molecule has 0 bridgehead atoms. The van der Waals surface area contributed by atoms with Gasteiger partial charge in [0.1, 0.15) is 11.5 Å². The third-order valence-corrected chi connectivity index (χ3v) is 2.04. The number of ether oxygens (including phenoxy) is 1. The highest BCUT2D eigenvalue weighted by molar-refractivity contribution is 6.31. The van der Waals surface area contributed by atoms with Gasteiger partial charge >= 0.3 is 0 Å². The highest BCUT2D eigenvalue weighted by atomic mass is 35.5. The molecule has 0 aromatic heterocycles. The van der Waals surface area contributed by atoms with Gasteiger partial charge in [-0.25, -0.2) is 4.39 Å². The van der Waals surface area contributed by atoms with E-state index in [1.807, 2.05) is 0 Å². The molecule has 0 atom stereocenters. The first-order valence-electron chi connectivity index (χ1n) is 4.10. The standard InChI is InChI=1S/C10H10ClFO2/c1-7(13)4-8-2-3-9(14-6-12)5-10(8)11/h2-3,5H,4,6H2,1H3. The molecule has 0 saturated heterocycles. The van der Waals surface area contributed by atoms with Crippen molar-refractivity contribution in [3.63, 3.8) is 0 Å². The number of rotatable bonds is 4. The van der Waals surface area contributed by atoms with Crippen LogP contribution in [-0.4, -0.2) is 12.6 Å². The molecular formula is C10H10ClFO2. The van der Waals surface area contributed by atoms with Crippen LogP contribution in [0.4, 0.5) is 4.39 Å². The Labute approximate surface area is 86.6 Å². The van der Waals surface area contributed by atoms with E-state index < -0.39 is 6.86 Å². The van der Waals surface area contributed by atoms with Gasteiger partial charge < -0.3 is 4.74 Å². The first-order valence-corrected chi connectivity index (χ1v) is 4.48. The zero-order chi connectivity index (χ0) is 10.6. The molecule has 0 aliphatic carbocycles. The summed E-state index contributed by atoms with van der Waals surface area (Å²) >= 11 is 5.85. The van der Waals surface area contributed by atoms with Gasteiger partial charge in [-0.15, -0.1) is 0 Å². The molecule has 0 radical (unpaired) electrons. The molecule has 0 unspecified atom stereocenters. The van der Waals surface area contributed by atoms with E-state index in [0.717, 1.165) is 5.56 Å². The number of halogens is 2. The van der Waals surface area contributed by atoms with Crippen molar-refractivity contribution < 1.29 is 13.9 Å². The van der Waals surface area contributed by atoms with Crippen LogP contribution in [0.15, 0.2) is 18.2 Å². The largest absolute Gasteiger partial charge is 0.463 e. The molecule has 0 fully saturated rings. The third-order valence-electron chi connectivity index (χ3n) is 1.69. The lowest BCUT2D eigenvalue weighted by molar-refractivity contribution is -0.116. The van der Waals surface area contributed by atoms with Crippen molar-refractivity contribution in [3.05, 3.63) is 28.8 Å². The van der Waals surface area contributed by atoms with Gasteiger partial charge in [0.25, 0.3) is 0 Å². The van der Waals surface area contributed by atoms with Crippen molar-refractivity contribution in [2.45, 2.75) is 13.3 Å². The molecule has 0 amide bonds. The number of carbonyl (C=O) groups excluding carboxylic acids is 1. The number of hydrogen-bond acceptors (Lipinski definition) is 2. The smallest absolute Gasteiger partial charge is 0.228 e. The summed E-state index contributed by atoms with van der Waals surface area (Å²) in [6.45, 7) is 0.602. The van der Waals surface area contributed by atoms with Gasteiger partial charge in [-0.3, -0.25) is 4.79 Å². The highest BCUT2D eigenvalue weighted by Gasteiger charge is 2.04. The van der Waals surface area contributed by atoms with Gasteiger partial charge in [0, 0.05) is 11.4 Å². The zero-order valence-corrected chi connectivity index (χ0v) is 8.47. The highest BCUT2D eigenvalue weighted by Crippen LogP contribution is 2.23. The summed E-state index contributed by atoms with van der Waals surface area (Å²) in [4.78, 5) is 10.8. The minimum absolute atomic E-state index is 0.0334. The molecule has 1 aromatic rings. The van der Waals surface area contributed by atoms with Gasteiger partial charge in [0.2, 0.25) is 6.86 Å². The SMILES string of the molecule is CC(=O)Cc1ccc(OCF)cc1Cl. The Morgan fingerprint density at radius 3 is 2.79 bits per heavy atom. The molecule has 2 nitrogen and oxygen atoms in total. The molecule has 14 heavy (non-hydrogen) atoms. The van der Waals surface area contributed by atoms with Crippen LogP contribution in [0.2, 0.25) is 5.02 Å². The van der Waals surface area contributed by atoms with Gasteiger partial charge in [0.05, 0.1) is 0 Å². The van der Waals surface area contributed by atoms with E-state index in [2.05, 4.69) is 4.74 Å². The van der Waals surface area contributed by atoms with E-state index in [1.54, 1.807) is 12.1 Å². The topological polar surface area (TPSA) is 26.3 Å². The number of benzene rings is 1. The second-order valence-electron chi connectivity index (χ2n) is 2.89. The Morgan fingerprint density at radius 1 is 1.57 bits per heavy atom. The molecular weight excluding hydrogens is 207 g/mol. The molecule has 76 valence electrons. The van der Waals surface area contributed by atoms with Crippen molar-refractivity contribution >= 4 is 17.4 Å². The quantitative estimate of drug-likeness (QED) is 0.774. The molecule has 0 aliphatic rings. The van der Waals surface area contributed by atoms with Crippen molar-refractivity contribution in [1.82, 2.24) is 0 Å². The molecule has 1 rings (SSSR count).